The minimum Gasteiger partial charge on any atom is -0.497 e. The summed E-state index contributed by atoms with van der Waals surface area (Å²) in [5.74, 6) is 1.63. The quantitative estimate of drug-likeness (QED) is 0.297. The zero-order chi connectivity index (χ0) is 21.6. The molecule has 2 heterocycles. The minimum atomic E-state index is -0.220. The SMILES string of the molecule is CCC(Sc1nc(CN2CCOCC2)nc2ccccc12)C(=O)c1ccc(OC)cc1. The van der Waals surface area contributed by atoms with Gasteiger partial charge in [-0.15, -0.1) is 0 Å². The summed E-state index contributed by atoms with van der Waals surface area (Å²) in [6.45, 7) is 5.97. The van der Waals surface area contributed by atoms with Crippen LogP contribution in [0.3, 0.4) is 0 Å². The Bertz CT molecular complexity index is 1040. The third-order valence-electron chi connectivity index (χ3n) is 5.37. The van der Waals surface area contributed by atoms with Crippen LogP contribution in [0, 0.1) is 0 Å². The number of hydrogen-bond donors (Lipinski definition) is 0. The number of carbonyl (C=O) groups is 1. The van der Waals surface area contributed by atoms with E-state index >= 15 is 0 Å². The average Bonchev–Trinajstić information content (AvgIpc) is 2.82. The maximum absolute atomic E-state index is 13.2. The highest BCUT2D eigenvalue weighted by Gasteiger charge is 2.23. The third-order valence-corrected chi connectivity index (χ3v) is 6.74. The van der Waals surface area contributed by atoms with Crippen LogP contribution in [0.5, 0.6) is 5.75 Å². The molecule has 1 aliphatic heterocycles. The topological polar surface area (TPSA) is 64.5 Å². The van der Waals surface area contributed by atoms with Crippen molar-refractivity contribution in [2.45, 2.75) is 30.2 Å². The summed E-state index contributed by atoms with van der Waals surface area (Å²) in [5, 5.41) is 1.63. The highest BCUT2D eigenvalue weighted by molar-refractivity contribution is 8.00. The van der Waals surface area contributed by atoms with Gasteiger partial charge in [-0.05, 0) is 36.8 Å². The molecule has 3 aromatic rings. The lowest BCUT2D eigenvalue weighted by Crippen LogP contribution is -2.36. The van der Waals surface area contributed by atoms with Crippen LogP contribution in [-0.4, -0.2) is 59.3 Å². The smallest absolute Gasteiger partial charge is 0.176 e. The molecule has 1 aliphatic rings. The van der Waals surface area contributed by atoms with Gasteiger partial charge in [-0.1, -0.05) is 36.9 Å². The second-order valence-corrected chi connectivity index (χ2v) is 8.65. The van der Waals surface area contributed by atoms with Crippen LogP contribution in [0.25, 0.3) is 10.9 Å². The lowest BCUT2D eigenvalue weighted by molar-refractivity contribution is 0.0330. The fourth-order valence-corrected chi connectivity index (χ4v) is 4.75. The van der Waals surface area contributed by atoms with Gasteiger partial charge in [0.2, 0.25) is 0 Å². The number of carbonyl (C=O) groups excluding carboxylic acids is 1. The minimum absolute atomic E-state index is 0.104. The summed E-state index contributed by atoms with van der Waals surface area (Å²) in [6, 6.07) is 15.3. The zero-order valence-electron chi connectivity index (χ0n) is 17.9. The molecule has 4 rings (SSSR count). The Morgan fingerprint density at radius 2 is 1.87 bits per heavy atom. The molecule has 1 aromatic heterocycles. The molecule has 1 atom stereocenters. The molecule has 0 bridgehead atoms. The number of rotatable bonds is 8. The predicted octanol–water partition coefficient (Wildman–Crippen LogP) is 4.22. The number of Topliss-reactive ketones (excluding diaryl/α,β-unsaturated/α-hetero) is 1. The molecule has 0 saturated carbocycles. The van der Waals surface area contributed by atoms with Crippen molar-refractivity contribution in [2.75, 3.05) is 33.4 Å². The summed E-state index contributed by atoms with van der Waals surface area (Å²) in [7, 11) is 1.62. The first kappa shape index (κ1) is 21.7. The summed E-state index contributed by atoms with van der Waals surface area (Å²) in [4.78, 5) is 25.2. The summed E-state index contributed by atoms with van der Waals surface area (Å²) in [5.41, 5.74) is 1.60. The number of thioether (sulfide) groups is 1. The molecule has 0 N–H and O–H groups in total. The molecule has 31 heavy (non-hydrogen) atoms. The third kappa shape index (κ3) is 5.23. The van der Waals surface area contributed by atoms with E-state index in [4.69, 9.17) is 19.4 Å². The first-order valence-electron chi connectivity index (χ1n) is 10.6. The van der Waals surface area contributed by atoms with E-state index in [1.54, 1.807) is 7.11 Å². The van der Waals surface area contributed by atoms with Gasteiger partial charge in [-0.3, -0.25) is 9.69 Å². The maximum atomic E-state index is 13.2. The number of methoxy groups -OCH3 is 1. The molecule has 1 saturated heterocycles. The number of para-hydroxylation sites is 1. The van der Waals surface area contributed by atoms with Crippen LogP contribution in [0.4, 0.5) is 0 Å². The van der Waals surface area contributed by atoms with Crippen molar-refractivity contribution in [1.82, 2.24) is 14.9 Å². The number of ether oxygens (including phenoxy) is 2. The van der Waals surface area contributed by atoms with Crippen molar-refractivity contribution in [3.63, 3.8) is 0 Å². The van der Waals surface area contributed by atoms with E-state index in [-0.39, 0.29) is 11.0 Å². The molecule has 1 fully saturated rings. The molecular formula is C24H27N3O3S. The van der Waals surface area contributed by atoms with Crippen LogP contribution in [0.2, 0.25) is 0 Å². The molecule has 0 spiro atoms. The lowest BCUT2D eigenvalue weighted by Gasteiger charge is -2.26. The molecule has 1 unspecified atom stereocenters. The van der Waals surface area contributed by atoms with E-state index in [2.05, 4.69) is 4.90 Å². The number of hydrogen-bond acceptors (Lipinski definition) is 7. The molecule has 0 amide bonds. The van der Waals surface area contributed by atoms with Gasteiger partial charge in [0.1, 0.15) is 16.6 Å². The number of ketones is 1. The van der Waals surface area contributed by atoms with E-state index in [9.17, 15) is 4.79 Å². The summed E-state index contributed by atoms with van der Waals surface area (Å²) in [6.07, 6.45) is 0.715. The first-order chi connectivity index (χ1) is 15.2. The Morgan fingerprint density at radius 3 is 2.58 bits per heavy atom. The van der Waals surface area contributed by atoms with Gasteiger partial charge >= 0.3 is 0 Å². The van der Waals surface area contributed by atoms with E-state index in [0.717, 1.165) is 53.8 Å². The van der Waals surface area contributed by atoms with Crippen LogP contribution >= 0.6 is 11.8 Å². The van der Waals surface area contributed by atoms with Crippen molar-refractivity contribution in [3.05, 3.63) is 59.9 Å². The molecule has 0 aliphatic carbocycles. The molecule has 2 aromatic carbocycles. The van der Waals surface area contributed by atoms with Crippen molar-refractivity contribution >= 4 is 28.4 Å². The Hall–Kier alpha value is -2.48. The van der Waals surface area contributed by atoms with Crippen LogP contribution in [0.1, 0.15) is 29.5 Å². The van der Waals surface area contributed by atoms with Gasteiger partial charge in [-0.2, -0.15) is 0 Å². The summed E-state index contributed by atoms with van der Waals surface area (Å²) < 4.78 is 10.7. The number of aromatic nitrogens is 2. The van der Waals surface area contributed by atoms with Crippen molar-refractivity contribution in [3.8, 4) is 5.75 Å². The second-order valence-electron chi connectivity index (χ2n) is 7.46. The second kappa shape index (κ2) is 10.2. The number of benzene rings is 2. The molecule has 162 valence electrons. The molecule has 7 heteroatoms. The fraction of sp³-hybridized carbons (Fsp3) is 0.375. The number of fused-ring (bicyclic) bond motifs is 1. The zero-order valence-corrected chi connectivity index (χ0v) is 18.7. The van der Waals surface area contributed by atoms with E-state index < -0.39 is 0 Å². The lowest BCUT2D eigenvalue weighted by atomic mass is 10.1. The Balaban J connectivity index is 1.60. The van der Waals surface area contributed by atoms with Gasteiger partial charge in [0.05, 0.1) is 37.6 Å². The highest BCUT2D eigenvalue weighted by atomic mass is 32.2. The van der Waals surface area contributed by atoms with Gasteiger partial charge in [-0.25, -0.2) is 9.97 Å². The standard InChI is InChI=1S/C24H27N3O3S/c1-3-21(23(28)17-8-10-18(29-2)11-9-17)31-24-19-6-4-5-7-20(19)25-22(26-24)16-27-12-14-30-15-13-27/h4-11,21H,3,12-16H2,1-2H3. The van der Waals surface area contributed by atoms with E-state index in [1.807, 2.05) is 55.5 Å². The predicted molar refractivity (Wildman–Crippen MR) is 123 cm³/mol. The summed E-state index contributed by atoms with van der Waals surface area (Å²) >= 11 is 1.53. The largest absolute Gasteiger partial charge is 0.497 e. The van der Waals surface area contributed by atoms with Crippen molar-refractivity contribution in [2.24, 2.45) is 0 Å². The molecule has 6 nitrogen and oxygen atoms in total. The van der Waals surface area contributed by atoms with E-state index in [0.29, 0.717) is 18.5 Å². The first-order valence-corrected chi connectivity index (χ1v) is 11.5. The van der Waals surface area contributed by atoms with Crippen LogP contribution in [-0.2, 0) is 11.3 Å². The normalized spacial score (nSPS) is 15.7. The van der Waals surface area contributed by atoms with Gasteiger partial charge < -0.3 is 9.47 Å². The van der Waals surface area contributed by atoms with Crippen LogP contribution in [0.15, 0.2) is 53.6 Å². The van der Waals surface area contributed by atoms with Crippen LogP contribution < -0.4 is 4.74 Å². The number of nitrogens with zero attached hydrogens (tertiary/aromatic N) is 3. The average molecular weight is 438 g/mol. The van der Waals surface area contributed by atoms with Gasteiger partial charge in [0, 0.05) is 24.0 Å². The highest BCUT2D eigenvalue weighted by Crippen LogP contribution is 2.32. The monoisotopic (exact) mass is 437 g/mol. The van der Waals surface area contributed by atoms with Gasteiger partial charge in [0.25, 0.3) is 0 Å². The van der Waals surface area contributed by atoms with Crippen molar-refractivity contribution < 1.29 is 14.3 Å². The maximum Gasteiger partial charge on any atom is 0.176 e. The Morgan fingerprint density at radius 1 is 1.13 bits per heavy atom. The number of morpholine rings is 1. The molecular weight excluding hydrogens is 410 g/mol. The van der Waals surface area contributed by atoms with Gasteiger partial charge in [0.15, 0.2) is 5.78 Å². The Labute approximate surface area is 187 Å². The fourth-order valence-electron chi connectivity index (χ4n) is 3.61. The van der Waals surface area contributed by atoms with E-state index in [1.165, 1.54) is 11.8 Å². The molecule has 0 radical (unpaired) electrons. The Kier molecular flexibility index (Phi) is 7.17. The van der Waals surface area contributed by atoms with Crippen molar-refractivity contribution in [1.29, 1.82) is 0 Å².